The van der Waals surface area contributed by atoms with Crippen molar-refractivity contribution in [2.24, 2.45) is 22.4 Å². The number of hydrogen-bond acceptors (Lipinski definition) is 5. The molecule has 1 unspecified atom stereocenters. The van der Waals surface area contributed by atoms with Crippen LogP contribution in [0.2, 0.25) is 0 Å². The standard InChI is InChI=1S/C25H45NO4/c1-5-7-8-12-18-28-19-21-20(22-14-15-23(21)30-22)13-10-9-11-16-25(3,4)24(26-27)29-17-6-2/h9-10,20-24H,5-8,11-19H2,1-4H3/t20-,21+,22-,23+,24?/m0/s1. The van der Waals surface area contributed by atoms with Crippen LogP contribution in [0.1, 0.15) is 91.9 Å². The monoisotopic (exact) mass is 423 g/mol. The van der Waals surface area contributed by atoms with Crippen molar-refractivity contribution in [1.29, 1.82) is 0 Å². The van der Waals surface area contributed by atoms with E-state index >= 15 is 0 Å². The van der Waals surface area contributed by atoms with E-state index in [1.165, 1.54) is 38.5 Å². The van der Waals surface area contributed by atoms with Crippen LogP contribution in [0, 0.1) is 22.2 Å². The Bertz CT molecular complexity index is 507. The highest BCUT2D eigenvalue weighted by Gasteiger charge is 2.48. The molecule has 0 aromatic carbocycles. The zero-order valence-corrected chi connectivity index (χ0v) is 19.8. The van der Waals surface area contributed by atoms with Crippen molar-refractivity contribution in [3.05, 3.63) is 17.1 Å². The minimum absolute atomic E-state index is 0.245. The summed E-state index contributed by atoms with van der Waals surface area (Å²) in [6, 6.07) is 0. The molecule has 2 bridgehead atoms. The molecule has 0 amide bonds. The molecule has 0 N–H and O–H groups in total. The molecule has 2 aliphatic heterocycles. The first kappa shape index (κ1) is 25.5. The second-order valence-corrected chi connectivity index (χ2v) is 9.82. The minimum Gasteiger partial charge on any atom is -0.381 e. The molecule has 0 spiro atoms. The van der Waals surface area contributed by atoms with E-state index < -0.39 is 6.23 Å². The van der Waals surface area contributed by atoms with Crippen molar-refractivity contribution < 1.29 is 14.2 Å². The molecule has 30 heavy (non-hydrogen) atoms. The number of rotatable bonds is 17. The summed E-state index contributed by atoms with van der Waals surface area (Å²) in [5.41, 5.74) is -0.245. The van der Waals surface area contributed by atoms with Crippen LogP contribution >= 0.6 is 0 Å². The fourth-order valence-electron chi connectivity index (χ4n) is 4.86. The highest BCUT2D eigenvalue weighted by Crippen LogP contribution is 2.45. The maximum Gasteiger partial charge on any atom is 0.194 e. The third-order valence-corrected chi connectivity index (χ3v) is 6.82. The summed E-state index contributed by atoms with van der Waals surface area (Å²) in [5, 5.41) is 3.22. The molecule has 0 aliphatic carbocycles. The van der Waals surface area contributed by atoms with Gasteiger partial charge in [-0.05, 0) is 56.0 Å². The topological polar surface area (TPSA) is 57.1 Å². The highest BCUT2D eigenvalue weighted by molar-refractivity contribution is 5.00. The predicted octanol–water partition coefficient (Wildman–Crippen LogP) is 6.65. The SMILES string of the molecule is CCCCCCOC[C@@H]1[C@H](CC=CCCC(C)(C)C(N=O)OCCC)[C@@H]2CC[C@H]1O2. The average Bonchev–Trinajstić information content (AvgIpc) is 3.33. The van der Waals surface area contributed by atoms with Gasteiger partial charge in [0.1, 0.15) is 0 Å². The fraction of sp³-hybridized carbons (Fsp3) is 0.920. The Hall–Kier alpha value is -0.780. The summed E-state index contributed by atoms with van der Waals surface area (Å²) in [6.45, 7) is 10.7. The zero-order valence-electron chi connectivity index (χ0n) is 19.8. The molecule has 2 fully saturated rings. The molecule has 2 rings (SSSR count). The smallest absolute Gasteiger partial charge is 0.194 e. The van der Waals surface area contributed by atoms with Gasteiger partial charge in [0.15, 0.2) is 6.23 Å². The van der Waals surface area contributed by atoms with Crippen LogP contribution in [0.25, 0.3) is 0 Å². The lowest BCUT2D eigenvalue weighted by Gasteiger charge is -2.29. The van der Waals surface area contributed by atoms with Gasteiger partial charge in [0, 0.05) is 24.5 Å². The second-order valence-electron chi connectivity index (χ2n) is 9.82. The number of nitrogens with zero attached hydrogens (tertiary/aromatic N) is 1. The molecule has 174 valence electrons. The van der Waals surface area contributed by atoms with Crippen molar-refractivity contribution in [2.45, 2.75) is 110 Å². The molecule has 2 saturated heterocycles. The normalized spacial score (nSPS) is 27.2. The molecule has 0 aromatic heterocycles. The summed E-state index contributed by atoms with van der Waals surface area (Å²) in [5.74, 6) is 1.13. The Labute approximate surface area is 184 Å². The molecule has 2 heterocycles. The summed E-state index contributed by atoms with van der Waals surface area (Å²) in [7, 11) is 0. The van der Waals surface area contributed by atoms with Gasteiger partial charge in [-0.15, -0.1) is 4.91 Å². The number of nitroso groups, excluding NO2 is 1. The first-order valence-corrected chi connectivity index (χ1v) is 12.4. The van der Waals surface area contributed by atoms with Crippen LogP contribution in [0.5, 0.6) is 0 Å². The zero-order chi connectivity index (χ0) is 21.8. The van der Waals surface area contributed by atoms with Gasteiger partial charge in [-0.2, -0.15) is 0 Å². The lowest BCUT2D eigenvalue weighted by atomic mass is 9.78. The van der Waals surface area contributed by atoms with E-state index in [0.29, 0.717) is 30.7 Å². The summed E-state index contributed by atoms with van der Waals surface area (Å²) in [4.78, 5) is 11.2. The van der Waals surface area contributed by atoms with E-state index in [9.17, 15) is 4.91 Å². The van der Waals surface area contributed by atoms with E-state index in [1.54, 1.807) is 0 Å². The van der Waals surface area contributed by atoms with E-state index in [0.717, 1.165) is 38.9 Å². The van der Waals surface area contributed by atoms with Crippen molar-refractivity contribution in [3.8, 4) is 0 Å². The van der Waals surface area contributed by atoms with Gasteiger partial charge in [0.2, 0.25) is 0 Å². The van der Waals surface area contributed by atoms with Crippen molar-refractivity contribution in [3.63, 3.8) is 0 Å². The van der Waals surface area contributed by atoms with Gasteiger partial charge in [-0.3, -0.25) is 0 Å². The largest absolute Gasteiger partial charge is 0.381 e. The number of hydrogen-bond donors (Lipinski definition) is 0. The average molecular weight is 424 g/mol. The van der Waals surface area contributed by atoms with Crippen LogP contribution in [-0.4, -0.2) is 38.3 Å². The molecule has 5 nitrogen and oxygen atoms in total. The molecule has 5 heteroatoms. The molecule has 0 radical (unpaired) electrons. The molecule has 0 aromatic rings. The quantitative estimate of drug-likeness (QED) is 0.149. The van der Waals surface area contributed by atoms with Crippen molar-refractivity contribution in [2.75, 3.05) is 19.8 Å². The van der Waals surface area contributed by atoms with E-state index in [1.807, 2.05) is 6.92 Å². The van der Waals surface area contributed by atoms with Crippen LogP contribution < -0.4 is 0 Å². The van der Waals surface area contributed by atoms with Gasteiger partial charge in [0.05, 0.1) is 18.8 Å². The van der Waals surface area contributed by atoms with Crippen LogP contribution in [0.3, 0.4) is 0 Å². The fourth-order valence-corrected chi connectivity index (χ4v) is 4.86. The minimum atomic E-state index is -0.566. The predicted molar refractivity (Wildman–Crippen MR) is 122 cm³/mol. The summed E-state index contributed by atoms with van der Waals surface area (Å²) in [6.07, 6.45) is 16.0. The van der Waals surface area contributed by atoms with Gasteiger partial charge in [-0.25, -0.2) is 0 Å². The number of fused-ring (bicyclic) bond motifs is 2. The molecule has 0 saturated carbocycles. The summed E-state index contributed by atoms with van der Waals surface area (Å²) >= 11 is 0. The lowest BCUT2D eigenvalue weighted by molar-refractivity contribution is -0.0236. The third kappa shape index (κ3) is 7.72. The molecular weight excluding hydrogens is 378 g/mol. The molecular formula is C25H45NO4. The van der Waals surface area contributed by atoms with E-state index in [-0.39, 0.29) is 5.41 Å². The van der Waals surface area contributed by atoms with Crippen LogP contribution in [0.15, 0.2) is 17.3 Å². The van der Waals surface area contributed by atoms with E-state index in [4.69, 9.17) is 14.2 Å². The lowest BCUT2D eigenvalue weighted by Crippen LogP contribution is -2.31. The van der Waals surface area contributed by atoms with Crippen molar-refractivity contribution >= 4 is 0 Å². The Morgan fingerprint density at radius 2 is 1.80 bits per heavy atom. The number of unbranched alkanes of at least 4 members (excludes halogenated alkanes) is 3. The Balaban J connectivity index is 1.72. The molecule has 2 aliphatic rings. The van der Waals surface area contributed by atoms with Crippen molar-refractivity contribution in [1.82, 2.24) is 0 Å². The Kier molecular flexibility index (Phi) is 11.5. The second kappa shape index (κ2) is 13.6. The summed E-state index contributed by atoms with van der Waals surface area (Å²) < 4.78 is 17.9. The van der Waals surface area contributed by atoms with Gasteiger partial charge < -0.3 is 14.2 Å². The van der Waals surface area contributed by atoms with Gasteiger partial charge >= 0.3 is 0 Å². The Morgan fingerprint density at radius 3 is 2.50 bits per heavy atom. The third-order valence-electron chi connectivity index (χ3n) is 6.82. The van der Waals surface area contributed by atoms with Crippen LogP contribution in [0.4, 0.5) is 0 Å². The first-order chi connectivity index (χ1) is 14.5. The van der Waals surface area contributed by atoms with Gasteiger partial charge in [0.25, 0.3) is 0 Å². The number of ether oxygens (including phenoxy) is 3. The Morgan fingerprint density at radius 1 is 1.03 bits per heavy atom. The van der Waals surface area contributed by atoms with E-state index in [2.05, 4.69) is 38.1 Å². The number of allylic oxidation sites excluding steroid dienone is 2. The molecule has 5 atom stereocenters. The maximum atomic E-state index is 11.2. The first-order valence-electron chi connectivity index (χ1n) is 12.4. The van der Waals surface area contributed by atoms with Crippen LogP contribution in [-0.2, 0) is 14.2 Å². The maximum absolute atomic E-state index is 11.2. The van der Waals surface area contributed by atoms with Gasteiger partial charge in [-0.1, -0.05) is 59.1 Å². The highest BCUT2D eigenvalue weighted by atomic mass is 16.5.